The van der Waals surface area contributed by atoms with E-state index in [0.29, 0.717) is 5.92 Å². The second-order valence-corrected chi connectivity index (χ2v) is 7.41. The van der Waals surface area contributed by atoms with Gasteiger partial charge in [0.1, 0.15) is 5.75 Å². The molecule has 1 aliphatic heterocycles. The molecule has 1 saturated heterocycles. The third-order valence-electron chi connectivity index (χ3n) is 5.60. The van der Waals surface area contributed by atoms with Gasteiger partial charge in [0.25, 0.3) is 0 Å². The Morgan fingerprint density at radius 1 is 1.15 bits per heavy atom. The van der Waals surface area contributed by atoms with E-state index in [9.17, 15) is 0 Å². The van der Waals surface area contributed by atoms with Gasteiger partial charge in [-0.25, -0.2) is 0 Å². The van der Waals surface area contributed by atoms with Crippen molar-refractivity contribution in [3.05, 3.63) is 65.9 Å². The first kappa shape index (κ1) is 17.6. The molecule has 4 heteroatoms. The molecule has 4 rings (SSSR count). The average Bonchev–Trinajstić information content (AvgIpc) is 3.33. The van der Waals surface area contributed by atoms with E-state index in [1.165, 1.54) is 29.4 Å². The summed E-state index contributed by atoms with van der Waals surface area (Å²) < 4.78 is 7.54. The van der Waals surface area contributed by atoms with E-state index in [4.69, 9.17) is 10.00 Å². The Morgan fingerprint density at radius 3 is 2.78 bits per heavy atom. The second kappa shape index (κ2) is 7.85. The second-order valence-electron chi connectivity index (χ2n) is 7.41. The molecule has 2 heterocycles. The molecule has 0 saturated carbocycles. The first-order valence-electron chi connectivity index (χ1n) is 9.59. The summed E-state index contributed by atoms with van der Waals surface area (Å²) in [6, 6.07) is 18.7. The van der Waals surface area contributed by atoms with Gasteiger partial charge in [-0.15, -0.1) is 0 Å². The van der Waals surface area contributed by atoms with Crippen molar-refractivity contribution in [2.45, 2.75) is 19.4 Å². The number of methoxy groups -OCH3 is 1. The highest BCUT2D eigenvalue weighted by molar-refractivity contribution is 5.81. The smallest absolute Gasteiger partial charge is 0.118 e. The lowest BCUT2D eigenvalue weighted by molar-refractivity contribution is 0.321. The number of hydrogen-bond acceptors (Lipinski definition) is 3. The van der Waals surface area contributed by atoms with Crippen LogP contribution >= 0.6 is 0 Å². The summed E-state index contributed by atoms with van der Waals surface area (Å²) >= 11 is 0. The number of hydrogen-bond donors (Lipinski definition) is 0. The predicted octanol–water partition coefficient (Wildman–Crippen LogP) is 4.09. The largest absolute Gasteiger partial charge is 0.497 e. The highest BCUT2D eigenvalue weighted by Crippen LogP contribution is 2.23. The van der Waals surface area contributed by atoms with Crippen LogP contribution in [0.1, 0.15) is 17.5 Å². The van der Waals surface area contributed by atoms with Crippen LogP contribution < -0.4 is 4.74 Å². The van der Waals surface area contributed by atoms with E-state index in [2.05, 4.69) is 39.9 Å². The van der Waals surface area contributed by atoms with Crippen LogP contribution in [-0.4, -0.2) is 36.2 Å². The van der Waals surface area contributed by atoms with Crippen LogP contribution in [0.15, 0.2) is 54.7 Å². The topological polar surface area (TPSA) is 41.2 Å². The van der Waals surface area contributed by atoms with Crippen molar-refractivity contribution in [2.24, 2.45) is 5.92 Å². The van der Waals surface area contributed by atoms with E-state index in [1.807, 2.05) is 30.3 Å². The molecule has 0 radical (unpaired) electrons. The number of likely N-dealkylation sites (tertiary alicyclic amines) is 1. The molecule has 0 bridgehead atoms. The van der Waals surface area contributed by atoms with E-state index in [-0.39, 0.29) is 0 Å². The van der Waals surface area contributed by atoms with Crippen LogP contribution in [0.3, 0.4) is 0 Å². The van der Waals surface area contributed by atoms with Crippen LogP contribution in [0, 0.1) is 17.2 Å². The maximum Gasteiger partial charge on any atom is 0.118 e. The fourth-order valence-electron chi connectivity index (χ4n) is 4.04. The Labute approximate surface area is 160 Å². The molecular weight excluding hydrogens is 334 g/mol. The van der Waals surface area contributed by atoms with E-state index < -0.39 is 0 Å². The molecule has 1 atom stereocenters. The predicted molar refractivity (Wildman–Crippen MR) is 108 cm³/mol. The van der Waals surface area contributed by atoms with Crippen LogP contribution in [-0.2, 0) is 13.0 Å². The lowest BCUT2D eigenvalue weighted by atomic mass is 10.1. The van der Waals surface area contributed by atoms with Crippen molar-refractivity contribution in [3.8, 4) is 11.8 Å². The molecule has 0 amide bonds. The Kier molecular flexibility index (Phi) is 5.13. The molecule has 2 aromatic carbocycles. The zero-order valence-electron chi connectivity index (χ0n) is 15.8. The van der Waals surface area contributed by atoms with Crippen molar-refractivity contribution in [1.29, 1.82) is 5.26 Å². The molecule has 0 spiro atoms. The molecule has 27 heavy (non-hydrogen) atoms. The lowest BCUT2D eigenvalue weighted by Gasteiger charge is -2.17. The highest BCUT2D eigenvalue weighted by Gasteiger charge is 2.22. The molecule has 1 fully saturated rings. The van der Waals surface area contributed by atoms with Gasteiger partial charge in [0, 0.05) is 31.3 Å². The normalized spacial score (nSPS) is 17.3. The molecule has 3 aromatic rings. The molecule has 0 aliphatic carbocycles. The molecule has 1 aliphatic rings. The van der Waals surface area contributed by atoms with E-state index in [0.717, 1.165) is 37.4 Å². The fraction of sp³-hybridized carbons (Fsp3) is 0.348. The van der Waals surface area contributed by atoms with Crippen LogP contribution in [0.5, 0.6) is 5.75 Å². The third-order valence-corrected chi connectivity index (χ3v) is 5.60. The number of nitriles is 1. The maximum absolute atomic E-state index is 9.15. The molecule has 138 valence electrons. The Balaban J connectivity index is 1.34. The Bertz CT molecular complexity index is 952. The minimum absolute atomic E-state index is 0.669. The van der Waals surface area contributed by atoms with Crippen molar-refractivity contribution >= 4 is 10.9 Å². The first-order chi connectivity index (χ1) is 13.2. The van der Waals surface area contributed by atoms with Crippen LogP contribution in [0.25, 0.3) is 10.9 Å². The molecule has 1 unspecified atom stereocenters. The van der Waals surface area contributed by atoms with Crippen LogP contribution in [0.4, 0.5) is 0 Å². The minimum Gasteiger partial charge on any atom is -0.497 e. The summed E-state index contributed by atoms with van der Waals surface area (Å²) in [5, 5.41) is 10.4. The molecule has 0 N–H and O–H groups in total. The van der Waals surface area contributed by atoms with Crippen molar-refractivity contribution in [2.75, 3.05) is 26.7 Å². The molecule has 4 nitrogen and oxygen atoms in total. The maximum atomic E-state index is 9.15. The van der Waals surface area contributed by atoms with Gasteiger partial charge in [0.2, 0.25) is 0 Å². The van der Waals surface area contributed by atoms with Crippen molar-refractivity contribution in [1.82, 2.24) is 9.47 Å². The number of nitrogens with zero attached hydrogens (tertiary/aromatic N) is 3. The summed E-state index contributed by atoms with van der Waals surface area (Å²) in [6.45, 7) is 4.45. The Hall–Kier alpha value is -2.77. The van der Waals surface area contributed by atoms with Gasteiger partial charge in [-0.05, 0) is 66.6 Å². The average molecular weight is 359 g/mol. The van der Waals surface area contributed by atoms with Gasteiger partial charge in [0.05, 0.1) is 18.7 Å². The zero-order valence-corrected chi connectivity index (χ0v) is 15.8. The summed E-state index contributed by atoms with van der Waals surface area (Å²) in [4.78, 5) is 2.57. The zero-order chi connectivity index (χ0) is 18.6. The molecular formula is C23H25N3O. The summed E-state index contributed by atoms with van der Waals surface area (Å²) in [6.07, 6.45) is 4.47. The number of benzene rings is 2. The van der Waals surface area contributed by atoms with Gasteiger partial charge in [-0.3, -0.25) is 0 Å². The van der Waals surface area contributed by atoms with E-state index >= 15 is 0 Å². The van der Waals surface area contributed by atoms with Gasteiger partial charge in [-0.1, -0.05) is 18.2 Å². The standard InChI is InChI=1S/C23H25N3O/c1-27-22-6-3-18(4-7-22)8-11-25-12-9-20(16-25)17-26-13-10-21-5-2-19(15-24)14-23(21)26/h2-7,10,13-14,20H,8-9,11-12,16-17H2,1H3. The fourth-order valence-corrected chi connectivity index (χ4v) is 4.04. The molecule has 1 aromatic heterocycles. The van der Waals surface area contributed by atoms with Crippen molar-refractivity contribution in [3.63, 3.8) is 0 Å². The van der Waals surface area contributed by atoms with E-state index in [1.54, 1.807) is 7.11 Å². The minimum atomic E-state index is 0.669. The third kappa shape index (κ3) is 3.99. The number of ether oxygens (including phenoxy) is 1. The van der Waals surface area contributed by atoms with Gasteiger partial charge in [-0.2, -0.15) is 5.26 Å². The highest BCUT2D eigenvalue weighted by atomic mass is 16.5. The summed E-state index contributed by atoms with van der Waals surface area (Å²) in [5.74, 6) is 1.58. The van der Waals surface area contributed by atoms with Crippen molar-refractivity contribution < 1.29 is 4.74 Å². The lowest BCUT2D eigenvalue weighted by Crippen LogP contribution is -2.24. The monoisotopic (exact) mass is 359 g/mol. The van der Waals surface area contributed by atoms with Crippen LogP contribution in [0.2, 0.25) is 0 Å². The Morgan fingerprint density at radius 2 is 2.00 bits per heavy atom. The number of aromatic nitrogens is 1. The van der Waals surface area contributed by atoms with Gasteiger partial charge in [0.15, 0.2) is 0 Å². The quantitative estimate of drug-likeness (QED) is 0.666. The first-order valence-corrected chi connectivity index (χ1v) is 9.59. The SMILES string of the molecule is COc1ccc(CCN2CCC(Cn3ccc4ccc(C#N)cc43)C2)cc1. The number of fused-ring (bicyclic) bond motifs is 1. The number of rotatable bonds is 6. The summed E-state index contributed by atoms with van der Waals surface area (Å²) in [5.41, 5.74) is 3.26. The van der Waals surface area contributed by atoms with Gasteiger partial charge >= 0.3 is 0 Å². The summed E-state index contributed by atoms with van der Waals surface area (Å²) in [7, 11) is 1.70. The van der Waals surface area contributed by atoms with Gasteiger partial charge < -0.3 is 14.2 Å².